The largest absolute Gasteiger partial charge is 0.391 e. The highest BCUT2D eigenvalue weighted by Gasteiger charge is 2.40. The Bertz CT molecular complexity index is 1020. The first-order chi connectivity index (χ1) is 15.5. The van der Waals surface area contributed by atoms with Crippen LogP contribution in [0.5, 0.6) is 0 Å². The van der Waals surface area contributed by atoms with Crippen molar-refractivity contribution >= 4 is 11.1 Å². The number of benzene rings is 1. The molecule has 5 heteroatoms. The van der Waals surface area contributed by atoms with Gasteiger partial charge in [0.25, 0.3) is 0 Å². The molecule has 0 aliphatic carbocycles. The second-order valence-electron chi connectivity index (χ2n) is 8.70. The van der Waals surface area contributed by atoms with Crippen LogP contribution in [0.4, 0.5) is 17.6 Å². The van der Waals surface area contributed by atoms with Gasteiger partial charge in [-0.1, -0.05) is 63.8 Å². The molecule has 0 radical (unpaired) electrons. The standard InChI is InChI=1S/C28H32F4N/c1-7-8-9-10-25(26-16-24(29)13-11-18(26)2)21(5)27-14-12-23(17-33-27)15-19(3)20(4)22(6)28(30,31)32/h11-17,19-20,22H,7-8H2,1-6H3/q-1/b25-21+. The third-order valence-corrected chi connectivity index (χ3v) is 6.19. The molecule has 2 rings (SSSR count). The summed E-state index contributed by atoms with van der Waals surface area (Å²) < 4.78 is 53.1. The van der Waals surface area contributed by atoms with E-state index in [0.717, 1.165) is 40.7 Å². The monoisotopic (exact) mass is 458 g/mol. The Labute approximate surface area is 195 Å². The topological polar surface area (TPSA) is 12.9 Å². The number of hydrogen-bond donors (Lipinski definition) is 0. The molecule has 0 bridgehead atoms. The first-order valence-corrected chi connectivity index (χ1v) is 11.3. The highest BCUT2D eigenvalue weighted by molar-refractivity contribution is 5.97. The third-order valence-electron chi connectivity index (χ3n) is 6.19. The molecule has 0 aliphatic heterocycles. The summed E-state index contributed by atoms with van der Waals surface area (Å²) in [7, 11) is 0. The average Bonchev–Trinajstić information content (AvgIpc) is 2.77. The zero-order valence-corrected chi connectivity index (χ0v) is 20.1. The Morgan fingerprint density at radius 3 is 2.39 bits per heavy atom. The first kappa shape index (κ1) is 26.5. The van der Waals surface area contributed by atoms with Crippen molar-refractivity contribution in [2.45, 2.75) is 60.6 Å². The van der Waals surface area contributed by atoms with Gasteiger partial charge < -0.3 is 4.98 Å². The zero-order chi connectivity index (χ0) is 24.8. The summed E-state index contributed by atoms with van der Waals surface area (Å²) in [4.78, 5) is 4.54. The number of nitrogens with zero attached hydrogens (tertiary/aromatic N) is 1. The number of aromatic nitrogens is 1. The van der Waals surface area contributed by atoms with E-state index < -0.39 is 18.0 Å². The van der Waals surface area contributed by atoms with Crippen LogP contribution < -0.4 is 0 Å². The van der Waals surface area contributed by atoms with Crippen molar-refractivity contribution in [3.63, 3.8) is 0 Å². The molecule has 1 aromatic heterocycles. The lowest BCUT2D eigenvalue weighted by atomic mass is 9.81. The molecule has 1 nitrogen and oxygen atoms in total. The number of halogens is 4. The fourth-order valence-electron chi connectivity index (χ4n) is 3.57. The van der Waals surface area contributed by atoms with Gasteiger partial charge in [-0.25, -0.2) is 4.39 Å². The summed E-state index contributed by atoms with van der Waals surface area (Å²) in [5.41, 5.74) is 4.67. The molecule has 0 saturated carbocycles. The maximum absolute atomic E-state index is 14.0. The number of unbranched alkanes of at least 4 members (excludes halogenated alkanes) is 1. The molecule has 1 aromatic carbocycles. The zero-order valence-electron chi connectivity index (χ0n) is 20.1. The van der Waals surface area contributed by atoms with Gasteiger partial charge in [0, 0.05) is 17.7 Å². The average molecular weight is 459 g/mol. The minimum atomic E-state index is -4.21. The molecule has 33 heavy (non-hydrogen) atoms. The number of pyridine rings is 1. The predicted molar refractivity (Wildman–Crippen MR) is 127 cm³/mol. The van der Waals surface area contributed by atoms with Crippen molar-refractivity contribution in [2.24, 2.45) is 17.8 Å². The molecular formula is C28H32F4N-. The van der Waals surface area contributed by atoms with Crippen molar-refractivity contribution in [1.82, 2.24) is 4.98 Å². The van der Waals surface area contributed by atoms with Crippen LogP contribution in [0, 0.1) is 48.8 Å². The molecule has 1 heterocycles. The SMILES string of the molecule is CCCC#C/C(=C(/C)c1ccc([CH-]C(C)C(C)C(C)C(F)(F)F)cn1)c1cc(F)ccc1C. The fraction of sp³-hybridized carbons (Fsp3) is 0.429. The van der Waals surface area contributed by atoms with E-state index in [9.17, 15) is 17.6 Å². The van der Waals surface area contributed by atoms with Crippen molar-refractivity contribution < 1.29 is 17.6 Å². The Morgan fingerprint density at radius 1 is 1.12 bits per heavy atom. The van der Waals surface area contributed by atoms with Gasteiger partial charge in [-0.3, -0.25) is 0 Å². The van der Waals surface area contributed by atoms with E-state index in [-0.39, 0.29) is 11.7 Å². The van der Waals surface area contributed by atoms with E-state index in [0.29, 0.717) is 5.69 Å². The molecule has 0 saturated heterocycles. The fourth-order valence-corrected chi connectivity index (χ4v) is 3.57. The minimum Gasteiger partial charge on any atom is -0.321 e. The van der Waals surface area contributed by atoms with Crippen molar-refractivity contribution in [3.8, 4) is 11.8 Å². The highest BCUT2D eigenvalue weighted by Crippen LogP contribution is 2.36. The summed E-state index contributed by atoms with van der Waals surface area (Å²) >= 11 is 0. The van der Waals surface area contributed by atoms with Crippen LogP contribution in [0.15, 0.2) is 36.5 Å². The number of hydrogen-bond acceptors (Lipinski definition) is 1. The summed E-state index contributed by atoms with van der Waals surface area (Å²) in [5.74, 6) is 3.81. The number of rotatable bonds is 7. The van der Waals surface area contributed by atoms with Crippen LogP contribution in [0.25, 0.3) is 11.1 Å². The van der Waals surface area contributed by atoms with Gasteiger partial charge >= 0.3 is 6.18 Å². The van der Waals surface area contributed by atoms with Crippen molar-refractivity contribution in [1.29, 1.82) is 0 Å². The Kier molecular flexibility index (Phi) is 9.16. The van der Waals surface area contributed by atoms with Gasteiger partial charge in [0.2, 0.25) is 0 Å². The Morgan fingerprint density at radius 2 is 1.82 bits per heavy atom. The van der Waals surface area contributed by atoms with Gasteiger partial charge in [-0.05, 0) is 55.0 Å². The first-order valence-electron chi connectivity index (χ1n) is 11.3. The molecule has 178 valence electrons. The number of aryl methyl sites for hydroxylation is 1. The van der Waals surface area contributed by atoms with Crippen LogP contribution in [0.1, 0.15) is 69.8 Å². The molecule has 0 N–H and O–H groups in total. The maximum atomic E-state index is 14.0. The van der Waals surface area contributed by atoms with Crippen molar-refractivity contribution in [2.75, 3.05) is 0 Å². The van der Waals surface area contributed by atoms with Gasteiger partial charge in [0.1, 0.15) is 5.82 Å². The highest BCUT2D eigenvalue weighted by atomic mass is 19.4. The summed E-state index contributed by atoms with van der Waals surface area (Å²) in [6.45, 7) is 10.5. The van der Waals surface area contributed by atoms with E-state index in [1.165, 1.54) is 19.1 Å². The van der Waals surface area contributed by atoms with Gasteiger partial charge in [-0.15, -0.1) is 0 Å². The molecule has 2 aromatic rings. The smallest absolute Gasteiger partial charge is 0.321 e. The van der Waals surface area contributed by atoms with E-state index in [1.807, 2.05) is 39.3 Å². The molecule has 0 spiro atoms. The molecular weight excluding hydrogens is 426 g/mol. The molecule has 3 unspecified atom stereocenters. The van der Waals surface area contributed by atoms with Gasteiger partial charge in [0.05, 0.1) is 5.92 Å². The van der Waals surface area contributed by atoms with Crippen LogP contribution in [-0.4, -0.2) is 11.2 Å². The van der Waals surface area contributed by atoms with Crippen molar-refractivity contribution in [3.05, 3.63) is 71.2 Å². The maximum Gasteiger partial charge on any atom is 0.391 e. The van der Waals surface area contributed by atoms with E-state index in [2.05, 4.69) is 16.8 Å². The lowest BCUT2D eigenvalue weighted by Gasteiger charge is -2.30. The van der Waals surface area contributed by atoms with Crippen LogP contribution in [-0.2, 0) is 0 Å². The normalized spacial score (nSPS) is 15.1. The molecule has 0 amide bonds. The van der Waals surface area contributed by atoms with Crippen LogP contribution in [0.3, 0.4) is 0 Å². The van der Waals surface area contributed by atoms with E-state index >= 15 is 0 Å². The van der Waals surface area contributed by atoms with E-state index in [1.54, 1.807) is 26.1 Å². The number of allylic oxidation sites excluding steroid dienone is 2. The lowest BCUT2D eigenvalue weighted by molar-refractivity contribution is -0.185. The molecule has 0 aliphatic rings. The minimum absolute atomic E-state index is 0.267. The van der Waals surface area contributed by atoms with Gasteiger partial charge in [0.15, 0.2) is 0 Å². The number of alkyl halides is 3. The molecule has 0 fully saturated rings. The quantitative estimate of drug-likeness (QED) is 0.231. The van der Waals surface area contributed by atoms with Crippen LogP contribution >= 0.6 is 0 Å². The Balaban J connectivity index is 2.34. The predicted octanol–water partition coefficient (Wildman–Crippen LogP) is 8.29. The summed E-state index contributed by atoms with van der Waals surface area (Å²) in [6.07, 6.45) is 0.930. The second kappa shape index (κ2) is 11.4. The van der Waals surface area contributed by atoms with Crippen LogP contribution in [0.2, 0.25) is 0 Å². The lowest BCUT2D eigenvalue weighted by Crippen LogP contribution is -2.30. The van der Waals surface area contributed by atoms with E-state index in [4.69, 9.17) is 0 Å². The summed E-state index contributed by atoms with van der Waals surface area (Å²) in [6, 6.07) is 8.33. The van der Waals surface area contributed by atoms with Gasteiger partial charge in [-0.2, -0.15) is 31.2 Å². The Hall–Kier alpha value is -2.74. The summed E-state index contributed by atoms with van der Waals surface area (Å²) in [5, 5.41) is 0. The third kappa shape index (κ3) is 7.12. The molecule has 3 atom stereocenters. The second-order valence-corrected chi connectivity index (χ2v) is 8.70.